The van der Waals surface area contributed by atoms with E-state index in [-0.39, 0.29) is 44.0 Å². The lowest BCUT2D eigenvalue weighted by molar-refractivity contribution is 0.314. The van der Waals surface area contributed by atoms with Gasteiger partial charge in [-0.15, -0.1) is 0 Å². The first-order chi connectivity index (χ1) is 32.5. The fraction of sp³-hybridized carbons (Fsp3) is 0.463. The van der Waals surface area contributed by atoms with Gasteiger partial charge >= 0.3 is 0 Å². The summed E-state index contributed by atoms with van der Waals surface area (Å²) in [7, 11) is 2.12. The molecule has 0 atom stereocenters. The van der Waals surface area contributed by atoms with Crippen LogP contribution in [0.5, 0.6) is 17.2 Å². The molecule has 0 fully saturated rings. The Morgan fingerprint density at radius 3 is 1.03 bits per heavy atom. The number of anilines is 1. The molecular weight excluding hydrogens is 867 g/mol. The number of phenols is 2. The molecule has 0 aliphatic heterocycles. The lowest BCUT2D eigenvalue weighted by Gasteiger charge is -2.34. The zero-order valence-corrected chi connectivity index (χ0v) is 48.0. The highest BCUT2D eigenvalue weighted by atomic mass is 16.5. The molecule has 71 heavy (non-hydrogen) atoms. The molecule has 0 spiro atoms. The Bertz CT molecular complexity index is 2670. The standard InChI is InChI=1S/C67H89NO3/c1-41-31-47(59(69)51(35-41)57-53(64(10,11)12)37-44(62(4,5)6)38-54(57)65(13,14)15)49-33-43(3)34-50(61(49)71-30-26-29-68(22)46-27-24-23-25-28-46)48-32-42(2)36-52(60(48)70)58-55(66(16,17)18)39-45(63(7,8)9)40-56(58)67(19,20)21/h23-25,27-28,31-40,69-70H,26,29-30H2,1-22H3. The van der Waals surface area contributed by atoms with Gasteiger partial charge in [-0.1, -0.05) is 167 Å². The molecule has 0 aliphatic rings. The van der Waals surface area contributed by atoms with Gasteiger partial charge in [0.1, 0.15) is 17.2 Å². The summed E-state index contributed by atoms with van der Waals surface area (Å²) in [6, 6.07) is 32.8. The molecule has 2 N–H and O–H groups in total. The number of benzene rings is 6. The number of ether oxygens (including phenoxy) is 1. The van der Waals surface area contributed by atoms with Gasteiger partial charge in [0, 0.05) is 52.7 Å². The van der Waals surface area contributed by atoms with Crippen LogP contribution in [0.25, 0.3) is 44.5 Å². The van der Waals surface area contributed by atoms with Crippen molar-refractivity contribution in [2.24, 2.45) is 0 Å². The van der Waals surface area contributed by atoms with Crippen LogP contribution in [0.4, 0.5) is 5.69 Å². The molecule has 0 amide bonds. The van der Waals surface area contributed by atoms with Crippen LogP contribution in [0, 0.1) is 20.8 Å². The van der Waals surface area contributed by atoms with Gasteiger partial charge in [0.05, 0.1) is 6.61 Å². The van der Waals surface area contributed by atoms with Crippen LogP contribution >= 0.6 is 0 Å². The second kappa shape index (κ2) is 19.5. The van der Waals surface area contributed by atoms with E-state index in [0.717, 1.165) is 68.7 Å². The number of hydrogen-bond donors (Lipinski definition) is 2. The Labute approximate surface area is 430 Å². The summed E-state index contributed by atoms with van der Waals surface area (Å²) in [5, 5.41) is 26.3. The maximum absolute atomic E-state index is 13.1. The number of para-hydroxylation sites is 1. The average molecular weight is 956 g/mol. The van der Waals surface area contributed by atoms with E-state index >= 15 is 0 Å². The summed E-state index contributed by atoms with van der Waals surface area (Å²) in [5.41, 5.74) is 17.4. The predicted octanol–water partition coefficient (Wildman–Crippen LogP) is 18.4. The van der Waals surface area contributed by atoms with Crippen LogP contribution in [-0.2, 0) is 32.5 Å². The lowest BCUT2D eigenvalue weighted by atomic mass is 9.70. The van der Waals surface area contributed by atoms with Crippen molar-refractivity contribution in [2.45, 2.75) is 184 Å². The molecule has 0 aliphatic carbocycles. The largest absolute Gasteiger partial charge is 0.507 e. The Hall–Kier alpha value is -5.48. The third-order valence-electron chi connectivity index (χ3n) is 14.2. The van der Waals surface area contributed by atoms with E-state index in [2.05, 4.69) is 242 Å². The number of nitrogens with zero attached hydrogens (tertiary/aromatic N) is 1. The van der Waals surface area contributed by atoms with Crippen molar-refractivity contribution >= 4 is 5.69 Å². The van der Waals surface area contributed by atoms with Gasteiger partial charge in [-0.05, 0) is 169 Å². The smallest absolute Gasteiger partial charge is 0.135 e. The normalized spacial score (nSPS) is 12.9. The third kappa shape index (κ3) is 11.9. The Balaban J connectivity index is 1.70. The van der Waals surface area contributed by atoms with E-state index < -0.39 is 0 Å². The molecule has 0 saturated heterocycles. The van der Waals surface area contributed by atoms with E-state index in [9.17, 15) is 10.2 Å². The lowest BCUT2D eigenvalue weighted by Crippen LogP contribution is -2.23. The fourth-order valence-corrected chi connectivity index (χ4v) is 10.1. The molecule has 6 aromatic rings. The van der Waals surface area contributed by atoms with Crippen molar-refractivity contribution in [3.8, 4) is 61.8 Å². The van der Waals surface area contributed by atoms with Gasteiger partial charge in [0.2, 0.25) is 0 Å². The quantitative estimate of drug-likeness (QED) is 0.134. The molecule has 4 nitrogen and oxygen atoms in total. The summed E-state index contributed by atoms with van der Waals surface area (Å²) in [4.78, 5) is 2.26. The molecule has 6 rings (SSSR count). The number of aryl methyl sites for hydroxylation is 3. The van der Waals surface area contributed by atoms with Crippen molar-refractivity contribution in [2.75, 3.05) is 25.1 Å². The first-order valence-corrected chi connectivity index (χ1v) is 26.1. The molecule has 0 bridgehead atoms. The number of rotatable bonds is 10. The molecule has 380 valence electrons. The highest BCUT2D eigenvalue weighted by Crippen LogP contribution is 2.54. The first kappa shape index (κ1) is 54.8. The fourth-order valence-electron chi connectivity index (χ4n) is 10.1. The third-order valence-corrected chi connectivity index (χ3v) is 14.2. The zero-order valence-electron chi connectivity index (χ0n) is 48.0. The van der Waals surface area contributed by atoms with Gasteiger partial charge < -0.3 is 19.8 Å². The van der Waals surface area contributed by atoms with Crippen LogP contribution in [-0.4, -0.2) is 30.4 Å². The second-order valence-corrected chi connectivity index (χ2v) is 27.0. The average Bonchev–Trinajstić information content (AvgIpc) is 3.24. The minimum absolute atomic E-state index is 0.0713. The molecule has 4 heteroatoms. The maximum Gasteiger partial charge on any atom is 0.135 e. The maximum atomic E-state index is 13.1. The number of phenolic OH excluding ortho intramolecular Hbond substituents is 2. The highest BCUT2D eigenvalue weighted by Gasteiger charge is 2.34. The summed E-state index contributed by atoms with van der Waals surface area (Å²) >= 11 is 0. The molecule has 0 unspecified atom stereocenters. The van der Waals surface area contributed by atoms with E-state index in [0.29, 0.717) is 23.5 Å². The number of hydrogen-bond acceptors (Lipinski definition) is 4. The van der Waals surface area contributed by atoms with Gasteiger partial charge in [-0.2, -0.15) is 0 Å². The summed E-state index contributed by atoms with van der Waals surface area (Å²) in [6.07, 6.45) is 0.752. The minimum atomic E-state index is -0.224. The van der Waals surface area contributed by atoms with E-state index in [1.807, 2.05) is 6.07 Å². The summed E-state index contributed by atoms with van der Waals surface area (Å²) in [5.74, 6) is 1.08. The van der Waals surface area contributed by atoms with Crippen LogP contribution < -0.4 is 9.64 Å². The molecule has 6 aromatic carbocycles. The van der Waals surface area contributed by atoms with Crippen LogP contribution in [0.2, 0.25) is 0 Å². The minimum Gasteiger partial charge on any atom is -0.507 e. The van der Waals surface area contributed by atoms with Gasteiger partial charge in [-0.25, -0.2) is 0 Å². The van der Waals surface area contributed by atoms with E-state index in [1.165, 1.54) is 33.4 Å². The Morgan fingerprint density at radius 2 is 0.718 bits per heavy atom. The molecule has 0 aromatic heterocycles. The zero-order chi connectivity index (χ0) is 53.1. The van der Waals surface area contributed by atoms with Crippen LogP contribution in [0.1, 0.15) is 181 Å². The van der Waals surface area contributed by atoms with Crippen LogP contribution in [0.15, 0.2) is 91.0 Å². The topological polar surface area (TPSA) is 52.9 Å². The van der Waals surface area contributed by atoms with Crippen molar-refractivity contribution < 1.29 is 14.9 Å². The van der Waals surface area contributed by atoms with Crippen molar-refractivity contribution in [3.05, 3.63) is 141 Å². The van der Waals surface area contributed by atoms with E-state index in [1.54, 1.807) is 0 Å². The van der Waals surface area contributed by atoms with Crippen molar-refractivity contribution in [3.63, 3.8) is 0 Å². The molecule has 0 radical (unpaired) electrons. The van der Waals surface area contributed by atoms with Gasteiger partial charge in [-0.3, -0.25) is 0 Å². The van der Waals surface area contributed by atoms with Gasteiger partial charge in [0.25, 0.3) is 0 Å². The molecule has 0 heterocycles. The predicted molar refractivity (Wildman–Crippen MR) is 308 cm³/mol. The molecular formula is C67H89NO3. The first-order valence-electron chi connectivity index (χ1n) is 26.1. The van der Waals surface area contributed by atoms with Gasteiger partial charge in [0.15, 0.2) is 0 Å². The summed E-state index contributed by atoms with van der Waals surface area (Å²) < 4.78 is 7.17. The van der Waals surface area contributed by atoms with E-state index in [4.69, 9.17) is 4.74 Å². The Morgan fingerprint density at radius 1 is 0.408 bits per heavy atom. The Kier molecular flexibility index (Phi) is 15.1. The SMILES string of the molecule is Cc1cc(-c2cc(C)cc(-c3cc(C)cc(-c4c(C(C)(C)C)cc(C(C)(C)C)cc4C(C)(C)C)c3O)c2OCCCN(C)c2ccccc2)c(O)c(-c2c(C(C)(C)C)cc(C(C)(C)C)cc2C(C)(C)C)c1. The monoisotopic (exact) mass is 956 g/mol. The molecule has 0 saturated carbocycles. The number of aromatic hydroxyl groups is 2. The second-order valence-electron chi connectivity index (χ2n) is 27.0. The van der Waals surface area contributed by atoms with Crippen LogP contribution in [0.3, 0.4) is 0 Å². The highest BCUT2D eigenvalue weighted by molar-refractivity contribution is 5.94. The van der Waals surface area contributed by atoms with Crippen molar-refractivity contribution in [1.29, 1.82) is 0 Å². The van der Waals surface area contributed by atoms with Crippen molar-refractivity contribution in [1.82, 2.24) is 0 Å². The summed E-state index contributed by atoms with van der Waals surface area (Å²) in [6.45, 7) is 48.6.